The van der Waals surface area contributed by atoms with Crippen molar-refractivity contribution >= 4 is 48.9 Å². The third kappa shape index (κ3) is 3.62. The van der Waals surface area contributed by atoms with Crippen LogP contribution in [0.4, 0.5) is 0 Å². The average Bonchev–Trinajstić information content (AvgIpc) is 3.61. The number of imidazole rings is 1. The summed E-state index contributed by atoms with van der Waals surface area (Å²) in [7, 11) is 2.10. The van der Waals surface area contributed by atoms with E-state index in [4.69, 9.17) is 0 Å². The molecule has 0 bridgehead atoms. The van der Waals surface area contributed by atoms with E-state index in [1.165, 1.54) is 37.2 Å². The number of aromatic nitrogens is 3. The van der Waals surface area contributed by atoms with Gasteiger partial charge in [-0.15, -0.1) is 0 Å². The SMILES string of the molecule is CC.CC(C)c1ncc(-c2ccc3c(c2)c2cnsc2c2cc(C4=CN(C)C(C)N4)ccc32)[nH]1. The lowest BCUT2D eigenvalue weighted by atomic mass is 9.95. The largest absolute Gasteiger partial charge is 0.364 e. The zero-order valence-corrected chi connectivity index (χ0v) is 21.4. The molecule has 3 aromatic carbocycles. The minimum Gasteiger partial charge on any atom is -0.364 e. The van der Waals surface area contributed by atoms with Crippen LogP contribution in [0.5, 0.6) is 0 Å². The van der Waals surface area contributed by atoms with E-state index in [1.54, 1.807) is 11.5 Å². The summed E-state index contributed by atoms with van der Waals surface area (Å²) in [5.41, 5.74) is 4.57. The molecular weight excluding hydrogens is 438 g/mol. The fraction of sp³-hybridized carbons (Fsp3) is 0.286. The topological polar surface area (TPSA) is 56.8 Å². The first-order valence-electron chi connectivity index (χ1n) is 12.0. The van der Waals surface area contributed by atoms with Crippen LogP contribution >= 0.6 is 11.5 Å². The van der Waals surface area contributed by atoms with Crippen LogP contribution in [-0.4, -0.2) is 32.5 Å². The fourth-order valence-corrected chi connectivity index (χ4v) is 5.34. The Kier molecular flexibility index (Phi) is 5.78. The maximum Gasteiger partial charge on any atom is 0.109 e. The predicted molar refractivity (Wildman–Crippen MR) is 146 cm³/mol. The zero-order valence-electron chi connectivity index (χ0n) is 20.6. The molecule has 1 aliphatic rings. The summed E-state index contributed by atoms with van der Waals surface area (Å²) < 4.78 is 5.80. The Bertz CT molecular complexity index is 1520. The highest BCUT2D eigenvalue weighted by Gasteiger charge is 2.19. The molecule has 0 radical (unpaired) electrons. The molecule has 1 unspecified atom stereocenters. The van der Waals surface area contributed by atoms with Crippen LogP contribution in [0, 0.1) is 0 Å². The molecular formula is C28H31N5S. The molecule has 6 heteroatoms. The predicted octanol–water partition coefficient (Wildman–Crippen LogP) is 7.32. The quantitative estimate of drug-likeness (QED) is 0.272. The number of hydrogen-bond acceptors (Lipinski definition) is 5. The molecule has 1 atom stereocenters. The number of rotatable bonds is 3. The van der Waals surface area contributed by atoms with Gasteiger partial charge in [0.1, 0.15) is 5.82 Å². The fourth-order valence-electron chi connectivity index (χ4n) is 4.54. The highest BCUT2D eigenvalue weighted by molar-refractivity contribution is 7.14. The molecule has 34 heavy (non-hydrogen) atoms. The number of nitrogens with one attached hydrogen (secondary N) is 2. The van der Waals surface area contributed by atoms with Crippen molar-refractivity contribution < 1.29 is 0 Å². The van der Waals surface area contributed by atoms with Gasteiger partial charge in [-0.3, -0.25) is 0 Å². The second-order valence-electron chi connectivity index (χ2n) is 8.95. The maximum atomic E-state index is 4.57. The first-order chi connectivity index (χ1) is 16.5. The van der Waals surface area contributed by atoms with Gasteiger partial charge >= 0.3 is 0 Å². The Labute approximate surface area is 204 Å². The first kappa shape index (κ1) is 22.4. The second kappa shape index (κ2) is 8.76. The molecule has 3 heterocycles. The molecule has 0 spiro atoms. The van der Waals surface area contributed by atoms with E-state index in [1.807, 2.05) is 26.2 Å². The summed E-state index contributed by atoms with van der Waals surface area (Å²) in [6, 6.07) is 13.5. The van der Waals surface area contributed by atoms with Crippen LogP contribution in [0.2, 0.25) is 0 Å². The highest BCUT2D eigenvalue weighted by atomic mass is 32.1. The van der Waals surface area contributed by atoms with E-state index >= 15 is 0 Å². The van der Waals surface area contributed by atoms with Gasteiger partial charge in [-0.25, -0.2) is 4.98 Å². The van der Waals surface area contributed by atoms with E-state index in [2.05, 4.69) is 95.0 Å². The minimum atomic E-state index is 0.304. The number of nitrogens with zero attached hydrogens (tertiary/aromatic N) is 3. The number of hydrogen-bond donors (Lipinski definition) is 2. The standard InChI is InChI=1S/C26H25N5S.C2H6/c1-14(2)26-27-12-23(30-26)16-5-7-18-19-8-6-17(24-13-31(4)15(3)29-24)10-21(19)25-22(11-28-32-25)20(18)9-16;1-2/h5-15,29H,1-4H3,(H,27,30);1-2H3. The number of benzene rings is 3. The second-order valence-corrected chi connectivity index (χ2v) is 9.76. The summed E-state index contributed by atoms with van der Waals surface area (Å²) in [5, 5.41) is 9.78. The third-order valence-corrected chi connectivity index (χ3v) is 7.34. The molecule has 174 valence electrons. The molecule has 1 aliphatic heterocycles. The van der Waals surface area contributed by atoms with Crippen LogP contribution in [0.1, 0.15) is 51.9 Å². The van der Waals surface area contributed by atoms with Gasteiger partial charge < -0.3 is 15.2 Å². The molecule has 5 aromatic rings. The molecule has 0 fully saturated rings. The van der Waals surface area contributed by atoms with Gasteiger partial charge in [0.15, 0.2) is 0 Å². The lowest BCUT2D eigenvalue weighted by Crippen LogP contribution is -2.29. The van der Waals surface area contributed by atoms with Crippen molar-refractivity contribution in [3.63, 3.8) is 0 Å². The van der Waals surface area contributed by atoms with Crippen molar-refractivity contribution in [3.05, 3.63) is 66.4 Å². The summed E-state index contributed by atoms with van der Waals surface area (Å²) in [4.78, 5) is 10.2. The van der Waals surface area contributed by atoms with Gasteiger partial charge in [-0.05, 0) is 52.3 Å². The van der Waals surface area contributed by atoms with Crippen LogP contribution in [0.25, 0.3) is 48.6 Å². The van der Waals surface area contributed by atoms with E-state index in [0.29, 0.717) is 12.1 Å². The minimum absolute atomic E-state index is 0.304. The van der Waals surface area contributed by atoms with E-state index in [-0.39, 0.29) is 0 Å². The van der Waals surface area contributed by atoms with Crippen molar-refractivity contribution in [1.82, 2.24) is 24.6 Å². The van der Waals surface area contributed by atoms with Crippen molar-refractivity contribution in [2.75, 3.05) is 7.05 Å². The summed E-state index contributed by atoms with van der Waals surface area (Å²) in [6.45, 7) is 10.5. The summed E-state index contributed by atoms with van der Waals surface area (Å²) in [5.74, 6) is 1.39. The Morgan fingerprint density at radius 3 is 2.29 bits per heavy atom. The molecule has 2 N–H and O–H groups in total. The highest BCUT2D eigenvalue weighted by Crippen LogP contribution is 2.39. The van der Waals surface area contributed by atoms with Crippen molar-refractivity contribution in [3.8, 4) is 11.3 Å². The molecule has 0 aliphatic carbocycles. The molecule has 2 aromatic heterocycles. The van der Waals surface area contributed by atoms with E-state index < -0.39 is 0 Å². The maximum absolute atomic E-state index is 4.57. The van der Waals surface area contributed by atoms with Gasteiger partial charge in [0.2, 0.25) is 0 Å². The molecule has 6 rings (SSSR count). The summed E-state index contributed by atoms with van der Waals surface area (Å²) >= 11 is 1.57. The molecule has 0 saturated heterocycles. The van der Waals surface area contributed by atoms with Gasteiger partial charge in [-0.1, -0.05) is 52.0 Å². The molecule has 0 saturated carbocycles. The van der Waals surface area contributed by atoms with Gasteiger partial charge in [-0.2, -0.15) is 4.37 Å². The monoisotopic (exact) mass is 469 g/mol. The lowest BCUT2D eigenvalue weighted by Gasteiger charge is -2.15. The van der Waals surface area contributed by atoms with Crippen molar-refractivity contribution in [2.45, 2.75) is 46.7 Å². The van der Waals surface area contributed by atoms with Crippen molar-refractivity contribution in [2.24, 2.45) is 0 Å². The smallest absolute Gasteiger partial charge is 0.109 e. The third-order valence-electron chi connectivity index (χ3n) is 6.51. The number of fused-ring (bicyclic) bond motifs is 6. The van der Waals surface area contributed by atoms with Crippen LogP contribution < -0.4 is 5.32 Å². The Morgan fingerprint density at radius 2 is 1.62 bits per heavy atom. The zero-order chi connectivity index (χ0) is 24.0. The summed E-state index contributed by atoms with van der Waals surface area (Å²) in [6.07, 6.45) is 6.43. The Morgan fingerprint density at radius 1 is 0.912 bits per heavy atom. The van der Waals surface area contributed by atoms with Gasteiger partial charge in [0.25, 0.3) is 0 Å². The van der Waals surface area contributed by atoms with Crippen LogP contribution in [0.15, 0.2) is 55.0 Å². The Hall–Kier alpha value is -3.38. The van der Waals surface area contributed by atoms with E-state index in [9.17, 15) is 0 Å². The van der Waals surface area contributed by atoms with E-state index in [0.717, 1.165) is 22.8 Å². The molecule has 5 nitrogen and oxygen atoms in total. The molecule has 0 amide bonds. The average molecular weight is 470 g/mol. The van der Waals surface area contributed by atoms with Crippen molar-refractivity contribution in [1.29, 1.82) is 0 Å². The lowest BCUT2D eigenvalue weighted by molar-refractivity contribution is 0.357. The van der Waals surface area contributed by atoms with Gasteiger partial charge in [0, 0.05) is 41.7 Å². The Balaban J connectivity index is 0.00000117. The normalized spacial score (nSPS) is 15.7. The van der Waals surface area contributed by atoms with Crippen LogP contribution in [-0.2, 0) is 0 Å². The first-order valence-corrected chi connectivity index (χ1v) is 12.8. The van der Waals surface area contributed by atoms with Crippen LogP contribution in [0.3, 0.4) is 0 Å². The number of aromatic amines is 1. The number of H-pyrrole nitrogens is 1. The van der Waals surface area contributed by atoms with Gasteiger partial charge in [0.05, 0.1) is 28.5 Å².